The van der Waals surface area contributed by atoms with Crippen LogP contribution in [0.4, 0.5) is 4.79 Å². The van der Waals surface area contributed by atoms with Crippen molar-refractivity contribution in [3.63, 3.8) is 0 Å². The number of nitrogens with one attached hydrogen (secondary N) is 1. The fourth-order valence-corrected chi connectivity index (χ4v) is 3.47. The SMILES string of the molecule is O=C(NCCc1ccc2c(c1)OCO2)N1CCN(Cc2ccccc2)CC1. The molecule has 0 atom stereocenters. The topological polar surface area (TPSA) is 54.0 Å². The number of urea groups is 1. The predicted octanol–water partition coefficient (Wildman–Crippen LogP) is 2.49. The molecule has 0 saturated carbocycles. The van der Waals surface area contributed by atoms with Gasteiger partial charge in [0.2, 0.25) is 6.79 Å². The van der Waals surface area contributed by atoms with Crippen molar-refractivity contribution in [1.82, 2.24) is 15.1 Å². The van der Waals surface area contributed by atoms with Crippen molar-refractivity contribution in [1.29, 1.82) is 0 Å². The lowest BCUT2D eigenvalue weighted by Gasteiger charge is -2.34. The summed E-state index contributed by atoms with van der Waals surface area (Å²) in [6.07, 6.45) is 0.774. The highest BCUT2D eigenvalue weighted by Crippen LogP contribution is 2.32. The average Bonchev–Trinajstić information content (AvgIpc) is 3.17. The Kier molecular flexibility index (Phi) is 5.44. The number of amides is 2. The molecule has 2 aromatic carbocycles. The second-order valence-corrected chi connectivity index (χ2v) is 6.92. The van der Waals surface area contributed by atoms with Crippen LogP contribution in [-0.4, -0.2) is 55.3 Å². The number of hydrogen-bond acceptors (Lipinski definition) is 4. The molecule has 6 nitrogen and oxygen atoms in total. The smallest absolute Gasteiger partial charge is 0.317 e. The van der Waals surface area contributed by atoms with Gasteiger partial charge in [0.1, 0.15) is 0 Å². The summed E-state index contributed by atoms with van der Waals surface area (Å²) in [5.74, 6) is 1.57. The Hall–Kier alpha value is -2.73. The van der Waals surface area contributed by atoms with Crippen LogP contribution in [0.25, 0.3) is 0 Å². The molecule has 0 aromatic heterocycles. The van der Waals surface area contributed by atoms with E-state index in [9.17, 15) is 4.79 Å². The number of carbonyl (C=O) groups is 1. The molecule has 2 aromatic rings. The summed E-state index contributed by atoms with van der Waals surface area (Å²) >= 11 is 0. The molecule has 6 heteroatoms. The minimum Gasteiger partial charge on any atom is -0.454 e. The van der Waals surface area contributed by atoms with E-state index in [0.29, 0.717) is 6.54 Å². The van der Waals surface area contributed by atoms with E-state index in [4.69, 9.17) is 9.47 Å². The Morgan fingerprint density at radius 3 is 2.52 bits per heavy atom. The van der Waals surface area contributed by atoms with E-state index in [1.807, 2.05) is 29.2 Å². The molecular weight excluding hydrogens is 342 g/mol. The van der Waals surface area contributed by atoms with Gasteiger partial charge >= 0.3 is 6.03 Å². The summed E-state index contributed by atoms with van der Waals surface area (Å²) in [5.41, 5.74) is 2.45. The Bertz CT molecular complexity index is 773. The van der Waals surface area contributed by atoms with E-state index in [1.54, 1.807) is 0 Å². The van der Waals surface area contributed by atoms with Crippen molar-refractivity contribution in [3.8, 4) is 11.5 Å². The molecule has 27 heavy (non-hydrogen) atoms. The number of benzene rings is 2. The molecule has 1 N–H and O–H groups in total. The number of hydrogen-bond donors (Lipinski definition) is 1. The third-order valence-electron chi connectivity index (χ3n) is 5.04. The minimum atomic E-state index is 0.0232. The highest BCUT2D eigenvalue weighted by molar-refractivity contribution is 5.74. The number of fused-ring (bicyclic) bond motifs is 1. The fraction of sp³-hybridized carbons (Fsp3) is 0.381. The third kappa shape index (κ3) is 4.52. The second kappa shape index (κ2) is 8.31. The normalized spacial score (nSPS) is 16.4. The van der Waals surface area contributed by atoms with Crippen LogP contribution in [0, 0.1) is 0 Å². The summed E-state index contributed by atoms with van der Waals surface area (Å²) in [6, 6.07) is 16.4. The number of nitrogens with zero attached hydrogens (tertiary/aromatic N) is 2. The zero-order valence-electron chi connectivity index (χ0n) is 15.4. The van der Waals surface area contributed by atoms with Crippen LogP contribution in [0.15, 0.2) is 48.5 Å². The van der Waals surface area contributed by atoms with Crippen LogP contribution in [0.3, 0.4) is 0 Å². The first kappa shape index (κ1) is 17.7. The van der Waals surface area contributed by atoms with Crippen molar-refractivity contribution in [3.05, 3.63) is 59.7 Å². The molecule has 0 bridgehead atoms. The lowest BCUT2D eigenvalue weighted by molar-refractivity contribution is 0.135. The minimum absolute atomic E-state index is 0.0232. The van der Waals surface area contributed by atoms with Crippen molar-refractivity contribution in [2.75, 3.05) is 39.5 Å². The lowest BCUT2D eigenvalue weighted by atomic mass is 10.1. The summed E-state index contributed by atoms with van der Waals surface area (Å²) in [5, 5.41) is 3.03. The average molecular weight is 367 g/mol. The first-order valence-corrected chi connectivity index (χ1v) is 9.45. The third-order valence-corrected chi connectivity index (χ3v) is 5.04. The van der Waals surface area contributed by atoms with Gasteiger partial charge < -0.3 is 19.7 Å². The van der Waals surface area contributed by atoms with Gasteiger partial charge in [-0.05, 0) is 29.7 Å². The molecule has 2 amide bonds. The molecule has 0 aliphatic carbocycles. The first-order valence-electron chi connectivity index (χ1n) is 9.45. The van der Waals surface area contributed by atoms with E-state index >= 15 is 0 Å². The molecular formula is C21H25N3O3. The van der Waals surface area contributed by atoms with E-state index < -0.39 is 0 Å². The van der Waals surface area contributed by atoms with Crippen LogP contribution in [0.5, 0.6) is 11.5 Å². The highest BCUT2D eigenvalue weighted by Gasteiger charge is 2.21. The van der Waals surface area contributed by atoms with E-state index in [1.165, 1.54) is 5.56 Å². The Labute approximate surface area is 159 Å². The van der Waals surface area contributed by atoms with Crippen LogP contribution in [-0.2, 0) is 13.0 Å². The number of rotatable bonds is 5. The van der Waals surface area contributed by atoms with Crippen molar-refractivity contribution in [2.24, 2.45) is 0 Å². The molecule has 0 radical (unpaired) electrons. The molecule has 2 aliphatic heterocycles. The van der Waals surface area contributed by atoms with Gasteiger partial charge in [0.25, 0.3) is 0 Å². The summed E-state index contributed by atoms with van der Waals surface area (Å²) in [6.45, 7) is 5.19. The molecule has 0 spiro atoms. The number of carbonyl (C=O) groups excluding carboxylic acids is 1. The summed E-state index contributed by atoms with van der Waals surface area (Å²) in [4.78, 5) is 16.7. The van der Waals surface area contributed by atoms with Crippen molar-refractivity contribution < 1.29 is 14.3 Å². The van der Waals surface area contributed by atoms with Crippen LogP contribution < -0.4 is 14.8 Å². The molecule has 2 heterocycles. The fourth-order valence-electron chi connectivity index (χ4n) is 3.47. The summed E-state index contributed by atoms with van der Waals surface area (Å²) < 4.78 is 10.7. The molecule has 1 saturated heterocycles. The Balaban J connectivity index is 1.18. The quantitative estimate of drug-likeness (QED) is 0.882. The largest absolute Gasteiger partial charge is 0.454 e. The zero-order valence-corrected chi connectivity index (χ0v) is 15.4. The van der Waals surface area contributed by atoms with Gasteiger partial charge in [-0.1, -0.05) is 36.4 Å². The van der Waals surface area contributed by atoms with Gasteiger partial charge in [-0.25, -0.2) is 4.79 Å². The van der Waals surface area contributed by atoms with Crippen molar-refractivity contribution in [2.45, 2.75) is 13.0 Å². The Morgan fingerprint density at radius 1 is 0.926 bits per heavy atom. The number of ether oxygens (including phenoxy) is 2. The molecule has 0 unspecified atom stereocenters. The first-order chi connectivity index (χ1) is 13.3. The van der Waals surface area contributed by atoms with Gasteiger partial charge in [-0.15, -0.1) is 0 Å². The number of piperazine rings is 1. The maximum atomic E-state index is 12.4. The molecule has 4 rings (SSSR count). The lowest BCUT2D eigenvalue weighted by Crippen LogP contribution is -2.51. The van der Waals surface area contributed by atoms with Gasteiger partial charge in [0, 0.05) is 39.3 Å². The zero-order chi connectivity index (χ0) is 18.5. The van der Waals surface area contributed by atoms with Gasteiger partial charge in [0.15, 0.2) is 11.5 Å². The molecule has 2 aliphatic rings. The van der Waals surface area contributed by atoms with Crippen LogP contribution in [0.1, 0.15) is 11.1 Å². The van der Waals surface area contributed by atoms with Crippen molar-refractivity contribution >= 4 is 6.03 Å². The van der Waals surface area contributed by atoms with E-state index in [-0.39, 0.29) is 12.8 Å². The maximum absolute atomic E-state index is 12.4. The van der Waals surface area contributed by atoms with Crippen LogP contribution in [0.2, 0.25) is 0 Å². The van der Waals surface area contributed by atoms with E-state index in [2.05, 4.69) is 34.5 Å². The molecule has 142 valence electrons. The van der Waals surface area contributed by atoms with Gasteiger partial charge in [0.05, 0.1) is 0 Å². The predicted molar refractivity (Wildman–Crippen MR) is 103 cm³/mol. The van der Waals surface area contributed by atoms with Gasteiger partial charge in [-0.2, -0.15) is 0 Å². The molecule has 1 fully saturated rings. The highest BCUT2D eigenvalue weighted by atomic mass is 16.7. The standard InChI is InChI=1S/C21H25N3O3/c25-21(22-9-8-17-6-7-19-20(14-17)27-16-26-19)24-12-10-23(11-13-24)15-18-4-2-1-3-5-18/h1-7,14H,8-13,15-16H2,(H,22,25). The van der Waals surface area contributed by atoms with Crippen LogP contribution >= 0.6 is 0 Å². The van der Waals surface area contributed by atoms with Gasteiger partial charge in [-0.3, -0.25) is 4.90 Å². The van der Waals surface area contributed by atoms with E-state index in [0.717, 1.165) is 56.2 Å². The Morgan fingerprint density at radius 2 is 1.70 bits per heavy atom. The summed E-state index contributed by atoms with van der Waals surface area (Å²) in [7, 11) is 0. The monoisotopic (exact) mass is 367 g/mol. The maximum Gasteiger partial charge on any atom is 0.317 e. The second-order valence-electron chi connectivity index (χ2n) is 6.92.